The van der Waals surface area contributed by atoms with Gasteiger partial charge in [0, 0.05) is 55.0 Å². The molecule has 3 aliphatic rings. The van der Waals surface area contributed by atoms with Crippen LogP contribution in [0, 0.1) is 17.5 Å². The summed E-state index contributed by atoms with van der Waals surface area (Å²) in [4.78, 5) is 19.9. The van der Waals surface area contributed by atoms with Gasteiger partial charge in [0.2, 0.25) is 0 Å². The second-order valence-corrected chi connectivity index (χ2v) is 11.3. The molecular weight excluding hydrogens is 548 g/mol. The van der Waals surface area contributed by atoms with Gasteiger partial charge < -0.3 is 14.5 Å². The number of nitrogens with zero attached hydrogens (tertiary/aromatic N) is 6. The maximum absolute atomic E-state index is 15.4. The maximum atomic E-state index is 15.4. The van der Waals surface area contributed by atoms with E-state index in [0.29, 0.717) is 22.9 Å². The number of fused-ring (bicyclic) bond motifs is 1. The number of halogens is 4. The van der Waals surface area contributed by atoms with E-state index in [0.717, 1.165) is 63.1 Å². The predicted molar refractivity (Wildman–Crippen MR) is 152 cm³/mol. The van der Waals surface area contributed by atoms with Crippen LogP contribution in [-0.4, -0.2) is 77.5 Å². The Morgan fingerprint density at radius 2 is 1.69 bits per heavy atom. The molecule has 0 N–H and O–H groups in total. The molecule has 0 amide bonds. The molecule has 3 aliphatic heterocycles. The first-order valence-electron chi connectivity index (χ1n) is 14.2. The average Bonchev–Trinajstić information content (AvgIpc) is 3.35. The third kappa shape index (κ3) is 4.84. The number of pyridine rings is 3. The molecule has 0 unspecified atom stereocenters. The molecule has 3 aromatic heterocycles. The first-order valence-corrected chi connectivity index (χ1v) is 14.2. The Hall–Kier alpha value is -3.83. The molecule has 42 heavy (non-hydrogen) atoms. The molecule has 0 bridgehead atoms. The van der Waals surface area contributed by atoms with E-state index in [9.17, 15) is 13.2 Å². The fourth-order valence-electron chi connectivity index (χ4n) is 6.37. The lowest BCUT2D eigenvalue weighted by Gasteiger charge is -2.46. The Bertz CT molecular complexity index is 1620. The lowest BCUT2D eigenvalue weighted by atomic mass is 10.0. The predicted octanol–water partition coefficient (Wildman–Crippen LogP) is 5.31. The molecule has 0 spiro atoms. The summed E-state index contributed by atoms with van der Waals surface area (Å²) in [7, 11) is 0. The van der Waals surface area contributed by atoms with E-state index in [1.807, 2.05) is 12.1 Å². The molecule has 7 nitrogen and oxygen atoms in total. The van der Waals surface area contributed by atoms with Gasteiger partial charge >= 0.3 is 0 Å². The van der Waals surface area contributed by atoms with Crippen LogP contribution in [0.2, 0.25) is 0 Å². The fraction of sp³-hybridized carbons (Fsp3) is 0.387. The monoisotopic (exact) mass is 578 g/mol. The zero-order chi connectivity index (χ0) is 29.0. The third-order valence-corrected chi connectivity index (χ3v) is 8.64. The number of hydrogen-bond acceptors (Lipinski definition) is 7. The van der Waals surface area contributed by atoms with Gasteiger partial charge in [0.05, 0.1) is 43.6 Å². The summed E-state index contributed by atoms with van der Waals surface area (Å²) in [6.07, 6.45) is 1.51. The van der Waals surface area contributed by atoms with Gasteiger partial charge in [0.1, 0.15) is 35.0 Å². The number of alkyl halides is 1. The van der Waals surface area contributed by atoms with Crippen LogP contribution >= 0.6 is 0 Å². The van der Waals surface area contributed by atoms with Gasteiger partial charge in [-0.15, -0.1) is 0 Å². The molecule has 6 heterocycles. The minimum atomic E-state index is -1.26. The van der Waals surface area contributed by atoms with Crippen molar-refractivity contribution in [3.05, 3.63) is 77.9 Å². The number of anilines is 2. The molecule has 7 rings (SSSR count). The highest BCUT2D eigenvalue weighted by atomic mass is 19.1. The number of rotatable bonds is 5. The van der Waals surface area contributed by atoms with Crippen LogP contribution in [0.3, 0.4) is 0 Å². The van der Waals surface area contributed by atoms with E-state index in [-0.39, 0.29) is 35.7 Å². The largest absolute Gasteiger partial charge is 0.378 e. The molecule has 4 aromatic rings. The van der Waals surface area contributed by atoms with E-state index >= 15 is 4.39 Å². The van der Waals surface area contributed by atoms with Crippen molar-refractivity contribution < 1.29 is 22.3 Å². The van der Waals surface area contributed by atoms with Gasteiger partial charge in [0.15, 0.2) is 5.82 Å². The first-order chi connectivity index (χ1) is 20.4. The number of aromatic nitrogens is 3. The smallest absolute Gasteiger partial charge is 0.151 e. The van der Waals surface area contributed by atoms with Crippen molar-refractivity contribution in [2.75, 3.05) is 49.2 Å². The molecule has 0 saturated carbocycles. The van der Waals surface area contributed by atoms with E-state index in [4.69, 9.17) is 14.7 Å². The lowest BCUT2D eigenvalue weighted by Crippen LogP contribution is -2.59. The van der Waals surface area contributed by atoms with Crippen molar-refractivity contribution in [1.29, 1.82) is 0 Å². The van der Waals surface area contributed by atoms with Crippen molar-refractivity contribution in [2.24, 2.45) is 0 Å². The van der Waals surface area contributed by atoms with Crippen LogP contribution in [0.5, 0.6) is 0 Å². The number of ether oxygens (including phenoxy) is 1. The molecule has 0 aliphatic carbocycles. The maximum Gasteiger partial charge on any atom is 0.151 e. The number of hydrogen-bond donors (Lipinski definition) is 0. The van der Waals surface area contributed by atoms with Gasteiger partial charge in [0.25, 0.3) is 0 Å². The van der Waals surface area contributed by atoms with Crippen LogP contribution in [0.25, 0.3) is 22.2 Å². The fourth-order valence-corrected chi connectivity index (χ4v) is 6.37. The minimum Gasteiger partial charge on any atom is -0.378 e. The van der Waals surface area contributed by atoms with Gasteiger partial charge in [-0.1, -0.05) is 0 Å². The molecular formula is C31H30F4N6O. The van der Waals surface area contributed by atoms with Crippen molar-refractivity contribution in [1.82, 2.24) is 19.9 Å². The normalized spacial score (nSPS) is 23.5. The zero-order valence-electron chi connectivity index (χ0n) is 23.1. The molecule has 1 aromatic carbocycles. The van der Waals surface area contributed by atoms with Crippen LogP contribution in [0.1, 0.15) is 24.9 Å². The SMILES string of the molecule is C[C@H]1CN(C2COC2)CCN1c1ccc(-c2c(F)cnc3ccc(N4C[C@@H](F)C[C@@H]4c4cc(F)ccc4F)nc23)cn1. The first kappa shape index (κ1) is 27.0. The number of piperazine rings is 1. The van der Waals surface area contributed by atoms with Crippen molar-refractivity contribution >= 4 is 22.7 Å². The summed E-state index contributed by atoms with van der Waals surface area (Å²) in [6.45, 7) is 6.38. The third-order valence-electron chi connectivity index (χ3n) is 8.64. The average molecular weight is 579 g/mol. The Morgan fingerprint density at radius 3 is 2.43 bits per heavy atom. The van der Waals surface area contributed by atoms with Crippen LogP contribution < -0.4 is 9.80 Å². The number of benzene rings is 1. The van der Waals surface area contributed by atoms with Gasteiger partial charge in [-0.2, -0.15) is 0 Å². The lowest BCUT2D eigenvalue weighted by molar-refractivity contribution is -0.0692. The summed E-state index contributed by atoms with van der Waals surface area (Å²) >= 11 is 0. The van der Waals surface area contributed by atoms with Crippen molar-refractivity contribution in [3.63, 3.8) is 0 Å². The Labute approximate surface area is 240 Å². The summed E-state index contributed by atoms with van der Waals surface area (Å²) in [6, 6.07) is 10.2. The van der Waals surface area contributed by atoms with E-state index in [2.05, 4.69) is 21.7 Å². The van der Waals surface area contributed by atoms with Crippen LogP contribution in [-0.2, 0) is 4.74 Å². The second-order valence-electron chi connectivity index (χ2n) is 11.3. The second kappa shape index (κ2) is 10.8. The quantitative estimate of drug-likeness (QED) is 0.298. The zero-order valence-corrected chi connectivity index (χ0v) is 23.1. The van der Waals surface area contributed by atoms with Crippen LogP contribution in [0.15, 0.2) is 54.9 Å². The van der Waals surface area contributed by atoms with Crippen molar-refractivity contribution in [3.8, 4) is 11.1 Å². The molecule has 218 valence electrons. The highest BCUT2D eigenvalue weighted by Gasteiger charge is 2.36. The molecule has 3 saturated heterocycles. The standard InChI is InChI=1S/C31H30F4N6O/c1-18-14-39(22-16-42-17-22)8-9-40(18)28-6-2-19(12-37-28)30-25(35)13-36-26-5-7-29(38-31(26)30)41-15-21(33)11-27(41)23-10-20(32)3-4-24(23)34/h2-7,10,12-13,18,21-22,27H,8-9,11,14-17H2,1H3/t18-,21-,27+/m0/s1. The summed E-state index contributed by atoms with van der Waals surface area (Å²) in [5, 5.41) is 0. The van der Waals surface area contributed by atoms with Gasteiger partial charge in [-0.05, 0) is 49.4 Å². The highest BCUT2D eigenvalue weighted by Crippen LogP contribution is 2.39. The molecule has 3 atom stereocenters. The topological polar surface area (TPSA) is 57.6 Å². The molecule has 3 fully saturated rings. The molecule has 0 radical (unpaired) electrons. The van der Waals surface area contributed by atoms with Crippen LogP contribution in [0.4, 0.5) is 29.2 Å². The Kier molecular flexibility index (Phi) is 6.94. The Balaban J connectivity index is 1.20. The summed E-state index contributed by atoms with van der Waals surface area (Å²) in [5.74, 6) is -0.640. The molecule has 11 heteroatoms. The van der Waals surface area contributed by atoms with Crippen molar-refractivity contribution in [2.45, 2.75) is 37.6 Å². The van der Waals surface area contributed by atoms with Gasteiger partial charge in [-0.25, -0.2) is 27.5 Å². The van der Waals surface area contributed by atoms with Gasteiger partial charge in [-0.3, -0.25) is 9.88 Å². The summed E-state index contributed by atoms with van der Waals surface area (Å²) in [5.41, 5.74) is 1.56. The Morgan fingerprint density at radius 1 is 0.857 bits per heavy atom. The van der Waals surface area contributed by atoms with E-state index in [1.54, 1.807) is 23.2 Å². The van der Waals surface area contributed by atoms with E-state index in [1.165, 1.54) is 0 Å². The van der Waals surface area contributed by atoms with E-state index < -0.39 is 29.7 Å². The highest BCUT2D eigenvalue weighted by molar-refractivity contribution is 5.92. The minimum absolute atomic E-state index is 0.0130. The summed E-state index contributed by atoms with van der Waals surface area (Å²) < 4.78 is 64.1.